The molecule has 1 unspecified atom stereocenters. The molecule has 0 aliphatic rings. The maximum Gasteiger partial charge on any atom is 0.331 e. The van der Waals surface area contributed by atoms with Crippen LogP contribution in [0.5, 0.6) is 0 Å². The minimum absolute atomic E-state index is 0.256. The fourth-order valence-corrected chi connectivity index (χ4v) is 1.94. The molecule has 0 heterocycles. The number of hydrogen-bond donors (Lipinski definition) is 1. The molecule has 0 fully saturated rings. The van der Waals surface area contributed by atoms with Crippen molar-refractivity contribution in [3.8, 4) is 0 Å². The monoisotopic (exact) mass is 253 g/mol. The predicted octanol–water partition coefficient (Wildman–Crippen LogP) is 2.21. The summed E-state index contributed by atoms with van der Waals surface area (Å²) in [6.07, 6.45) is 0. The summed E-state index contributed by atoms with van der Waals surface area (Å²) in [7, 11) is 0. The number of carboxylic acid groups (broad SMARTS) is 1. The molecule has 0 aliphatic carbocycles. The molecule has 0 aliphatic heterocycles. The molecule has 0 radical (unpaired) electrons. The summed E-state index contributed by atoms with van der Waals surface area (Å²) in [5.74, 6) is -2.06. The summed E-state index contributed by atoms with van der Waals surface area (Å²) in [5.41, 5.74) is 0.256. The standard InChI is InChI=1S/C13H16FNO3/c1-8(2)15(9(3)16)12(13(17)18)10-5-4-6-11(14)7-10/h4-8,12H,1-3H3,(H,17,18). The van der Waals surface area contributed by atoms with Crippen LogP contribution in [0.3, 0.4) is 0 Å². The molecule has 1 aromatic rings. The number of carbonyl (C=O) groups is 2. The fraction of sp³-hybridized carbons (Fsp3) is 0.385. The van der Waals surface area contributed by atoms with E-state index in [1.807, 2.05) is 0 Å². The van der Waals surface area contributed by atoms with E-state index in [4.69, 9.17) is 0 Å². The molecule has 0 bridgehead atoms. The van der Waals surface area contributed by atoms with Gasteiger partial charge in [-0.15, -0.1) is 0 Å². The van der Waals surface area contributed by atoms with Crippen molar-refractivity contribution < 1.29 is 19.1 Å². The molecule has 1 rings (SSSR count). The Balaban J connectivity index is 3.24. The molecular formula is C13H16FNO3. The van der Waals surface area contributed by atoms with E-state index in [0.29, 0.717) is 0 Å². The van der Waals surface area contributed by atoms with Crippen LogP contribution in [-0.2, 0) is 9.59 Å². The van der Waals surface area contributed by atoms with Crippen molar-refractivity contribution in [1.82, 2.24) is 4.90 Å². The summed E-state index contributed by atoms with van der Waals surface area (Å²) in [6.45, 7) is 4.74. The Morgan fingerprint density at radius 2 is 1.94 bits per heavy atom. The van der Waals surface area contributed by atoms with Gasteiger partial charge in [0.2, 0.25) is 5.91 Å². The van der Waals surface area contributed by atoms with Crippen LogP contribution in [0.15, 0.2) is 24.3 Å². The van der Waals surface area contributed by atoms with Crippen LogP contribution in [0.4, 0.5) is 4.39 Å². The van der Waals surface area contributed by atoms with Crippen LogP contribution in [0, 0.1) is 5.82 Å². The van der Waals surface area contributed by atoms with Gasteiger partial charge in [0.15, 0.2) is 6.04 Å². The van der Waals surface area contributed by atoms with Gasteiger partial charge in [-0.3, -0.25) is 4.79 Å². The second-order valence-electron chi connectivity index (χ2n) is 4.32. The topological polar surface area (TPSA) is 57.6 Å². The highest BCUT2D eigenvalue weighted by Crippen LogP contribution is 2.24. The van der Waals surface area contributed by atoms with Crippen molar-refractivity contribution in [1.29, 1.82) is 0 Å². The van der Waals surface area contributed by atoms with E-state index in [0.717, 1.165) is 6.07 Å². The summed E-state index contributed by atoms with van der Waals surface area (Å²) >= 11 is 0. The number of hydrogen-bond acceptors (Lipinski definition) is 2. The zero-order valence-electron chi connectivity index (χ0n) is 10.6. The lowest BCUT2D eigenvalue weighted by Crippen LogP contribution is -2.42. The quantitative estimate of drug-likeness (QED) is 0.895. The Kier molecular flexibility index (Phi) is 4.42. The van der Waals surface area contributed by atoms with Crippen LogP contribution in [0.2, 0.25) is 0 Å². The number of carboxylic acids is 1. The van der Waals surface area contributed by atoms with Gasteiger partial charge in [0.25, 0.3) is 0 Å². The summed E-state index contributed by atoms with van der Waals surface area (Å²) in [6, 6.07) is 3.84. The highest BCUT2D eigenvalue weighted by atomic mass is 19.1. The number of carbonyl (C=O) groups excluding carboxylic acids is 1. The molecule has 0 spiro atoms. The van der Waals surface area contributed by atoms with Crippen molar-refractivity contribution in [2.75, 3.05) is 0 Å². The second-order valence-corrected chi connectivity index (χ2v) is 4.32. The molecule has 5 heteroatoms. The first kappa shape index (κ1) is 14.2. The van der Waals surface area contributed by atoms with Crippen molar-refractivity contribution in [2.45, 2.75) is 32.9 Å². The summed E-state index contributed by atoms with van der Waals surface area (Å²) < 4.78 is 13.2. The smallest absolute Gasteiger partial charge is 0.331 e. The number of halogens is 1. The Labute approximate surface area is 105 Å². The second kappa shape index (κ2) is 5.62. The molecule has 1 N–H and O–H groups in total. The first-order valence-corrected chi connectivity index (χ1v) is 5.61. The van der Waals surface area contributed by atoms with Crippen LogP contribution in [0.1, 0.15) is 32.4 Å². The van der Waals surface area contributed by atoms with E-state index < -0.39 is 17.8 Å². The Morgan fingerprint density at radius 3 is 2.33 bits per heavy atom. The lowest BCUT2D eigenvalue weighted by atomic mass is 10.0. The van der Waals surface area contributed by atoms with E-state index >= 15 is 0 Å². The zero-order chi connectivity index (χ0) is 13.9. The maximum atomic E-state index is 13.2. The summed E-state index contributed by atoms with van der Waals surface area (Å²) in [4.78, 5) is 24.1. The van der Waals surface area contributed by atoms with Crippen LogP contribution < -0.4 is 0 Å². The Bertz CT molecular complexity index is 459. The largest absolute Gasteiger partial charge is 0.479 e. The molecule has 98 valence electrons. The van der Waals surface area contributed by atoms with Gasteiger partial charge >= 0.3 is 5.97 Å². The van der Waals surface area contributed by atoms with Crippen molar-refractivity contribution in [3.05, 3.63) is 35.6 Å². The first-order chi connectivity index (χ1) is 8.34. The average Bonchev–Trinajstić information content (AvgIpc) is 2.23. The SMILES string of the molecule is CC(=O)N(C(C)C)C(C(=O)O)c1cccc(F)c1. The van der Waals surface area contributed by atoms with E-state index in [1.165, 1.54) is 30.0 Å². The van der Waals surface area contributed by atoms with Crippen molar-refractivity contribution >= 4 is 11.9 Å². The number of benzene rings is 1. The van der Waals surface area contributed by atoms with Crippen LogP contribution in [-0.4, -0.2) is 27.9 Å². The van der Waals surface area contributed by atoms with Gasteiger partial charge in [-0.1, -0.05) is 12.1 Å². The molecular weight excluding hydrogens is 237 g/mol. The van der Waals surface area contributed by atoms with E-state index in [-0.39, 0.29) is 17.5 Å². The van der Waals surface area contributed by atoms with Crippen LogP contribution >= 0.6 is 0 Å². The van der Waals surface area contributed by atoms with Gasteiger partial charge in [0.1, 0.15) is 5.82 Å². The molecule has 1 amide bonds. The van der Waals surface area contributed by atoms with Gasteiger partial charge < -0.3 is 10.0 Å². The lowest BCUT2D eigenvalue weighted by Gasteiger charge is -2.31. The van der Waals surface area contributed by atoms with E-state index in [2.05, 4.69) is 0 Å². The lowest BCUT2D eigenvalue weighted by molar-refractivity contribution is -0.151. The van der Waals surface area contributed by atoms with Crippen molar-refractivity contribution in [3.63, 3.8) is 0 Å². The van der Waals surface area contributed by atoms with Gasteiger partial charge in [0, 0.05) is 13.0 Å². The third kappa shape index (κ3) is 3.06. The van der Waals surface area contributed by atoms with E-state index in [1.54, 1.807) is 13.8 Å². The predicted molar refractivity (Wildman–Crippen MR) is 64.4 cm³/mol. The Hall–Kier alpha value is -1.91. The first-order valence-electron chi connectivity index (χ1n) is 5.61. The minimum atomic E-state index is -1.18. The van der Waals surface area contributed by atoms with Crippen molar-refractivity contribution in [2.24, 2.45) is 0 Å². The van der Waals surface area contributed by atoms with Crippen LogP contribution in [0.25, 0.3) is 0 Å². The molecule has 1 aromatic carbocycles. The highest BCUT2D eigenvalue weighted by molar-refractivity contribution is 5.83. The van der Waals surface area contributed by atoms with Gasteiger partial charge in [-0.25, -0.2) is 9.18 Å². The number of amides is 1. The average molecular weight is 253 g/mol. The molecule has 0 saturated carbocycles. The third-order valence-corrected chi connectivity index (χ3v) is 2.60. The number of nitrogens with zero attached hydrogens (tertiary/aromatic N) is 1. The van der Waals surface area contributed by atoms with Gasteiger partial charge in [-0.2, -0.15) is 0 Å². The number of aliphatic carboxylic acids is 1. The molecule has 0 saturated heterocycles. The number of rotatable bonds is 4. The molecule has 1 atom stereocenters. The highest BCUT2D eigenvalue weighted by Gasteiger charge is 2.31. The molecule has 4 nitrogen and oxygen atoms in total. The zero-order valence-corrected chi connectivity index (χ0v) is 10.6. The molecule has 18 heavy (non-hydrogen) atoms. The minimum Gasteiger partial charge on any atom is -0.479 e. The third-order valence-electron chi connectivity index (χ3n) is 2.60. The van der Waals surface area contributed by atoms with Gasteiger partial charge in [0.05, 0.1) is 0 Å². The molecule has 0 aromatic heterocycles. The Morgan fingerprint density at radius 1 is 1.33 bits per heavy atom. The fourth-order valence-electron chi connectivity index (χ4n) is 1.94. The normalized spacial score (nSPS) is 12.3. The summed E-state index contributed by atoms with van der Waals surface area (Å²) in [5, 5.41) is 9.27. The van der Waals surface area contributed by atoms with Gasteiger partial charge in [-0.05, 0) is 31.5 Å². The maximum absolute atomic E-state index is 13.2. The van der Waals surface area contributed by atoms with E-state index in [9.17, 15) is 19.1 Å².